The molecule has 19 heavy (non-hydrogen) atoms. The summed E-state index contributed by atoms with van der Waals surface area (Å²) in [5, 5.41) is 12.9. The SMILES string of the molecule is CCNC(C)(CO)CCCN1CCCC(C)(OC)C1. The first-order valence-corrected chi connectivity index (χ1v) is 7.60. The zero-order valence-electron chi connectivity index (χ0n) is 13.2. The summed E-state index contributed by atoms with van der Waals surface area (Å²) >= 11 is 0. The Morgan fingerprint density at radius 3 is 2.79 bits per heavy atom. The second-order valence-corrected chi connectivity index (χ2v) is 6.39. The Morgan fingerprint density at radius 1 is 1.47 bits per heavy atom. The molecule has 2 atom stereocenters. The summed E-state index contributed by atoms with van der Waals surface area (Å²) in [5.41, 5.74) is -0.102. The molecule has 1 fully saturated rings. The number of hydrogen-bond acceptors (Lipinski definition) is 4. The van der Waals surface area contributed by atoms with E-state index in [9.17, 15) is 5.11 Å². The van der Waals surface area contributed by atoms with Crippen molar-refractivity contribution in [3.8, 4) is 0 Å². The van der Waals surface area contributed by atoms with E-state index in [0.29, 0.717) is 0 Å². The third kappa shape index (κ3) is 5.38. The van der Waals surface area contributed by atoms with Gasteiger partial charge >= 0.3 is 0 Å². The Kier molecular flexibility index (Phi) is 6.74. The van der Waals surface area contributed by atoms with Gasteiger partial charge in [-0.1, -0.05) is 6.92 Å². The summed E-state index contributed by atoms with van der Waals surface area (Å²) in [6.45, 7) is 10.8. The van der Waals surface area contributed by atoms with E-state index in [2.05, 4.69) is 31.0 Å². The number of nitrogens with one attached hydrogen (secondary N) is 1. The molecule has 4 heteroatoms. The monoisotopic (exact) mass is 272 g/mol. The van der Waals surface area contributed by atoms with Gasteiger partial charge in [0.1, 0.15) is 0 Å². The lowest BCUT2D eigenvalue weighted by Gasteiger charge is -2.40. The van der Waals surface area contributed by atoms with Crippen LogP contribution in [0.2, 0.25) is 0 Å². The van der Waals surface area contributed by atoms with Crippen LogP contribution in [0.5, 0.6) is 0 Å². The average Bonchev–Trinajstić information content (AvgIpc) is 2.39. The lowest BCUT2D eigenvalue weighted by molar-refractivity contribution is -0.0512. The summed E-state index contributed by atoms with van der Waals surface area (Å²) in [5.74, 6) is 0. The van der Waals surface area contributed by atoms with Gasteiger partial charge in [-0.2, -0.15) is 0 Å². The molecule has 1 heterocycles. The fraction of sp³-hybridized carbons (Fsp3) is 1.00. The Morgan fingerprint density at radius 2 is 2.21 bits per heavy atom. The third-order valence-corrected chi connectivity index (χ3v) is 4.39. The predicted octanol–water partition coefficient (Wildman–Crippen LogP) is 1.63. The highest BCUT2D eigenvalue weighted by molar-refractivity contribution is 4.86. The molecule has 1 aliphatic rings. The van der Waals surface area contributed by atoms with Crippen LogP contribution in [0, 0.1) is 0 Å². The molecule has 4 nitrogen and oxygen atoms in total. The van der Waals surface area contributed by atoms with Gasteiger partial charge in [0.15, 0.2) is 0 Å². The molecular weight excluding hydrogens is 240 g/mol. The standard InChI is InChI=1S/C15H32N2O2/c1-5-16-14(2,13-18)8-6-10-17-11-7-9-15(3,12-17)19-4/h16,18H,5-13H2,1-4H3. The largest absolute Gasteiger partial charge is 0.394 e. The summed E-state index contributed by atoms with van der Waals surface area (Å²) < 4.78 is 5.62. The minimum Gasteiger partial charge on any atom is -0.394 e. The second-order valence-electron chi connectivity index (χ2n) is 6.39. The van der Waals surface area contributed by atoms with Crippen molar-refractivity contribution in [2.24, 2.45) is 0 Å². The minimum atomic E-state index is -0.130. The predicted molar refractivity (Wildman–Crippen MR) is 79.5 cm³/mol. The number of methoxy groups -OCH3 is 1. The Bertz CT molecular complexity index is 263. The van der Waals surface area contributed by atoms with Crippen LogP contribution in [-0.4, -0.2) is 61.0 Å². The van der Waals surface area contributed by atoms with E-state index in [-0.39, 0.29) is 17.7 Å². The van der Waals surface area contributed by atoms with Gasteiger partial charge in [-0.25, -0.2) is 0 Å². The van der Waals surface area contributed by atoms with Crippen molar-refractivity contribution in [2.45, 2.75) is 57.6 Å². The number of ether oxygens (including phenoxy) is 1. The fourth-order valence-electron chi connectivity index (χ4n) is 3.01. The molecule has 1 rings (SSSR count). The molecule has 114 valence electrons. The summed E-state index contributed by atoms with van der Waals surface area (Å²) in [4.78, 5) is 2.50. The maximum atomic E-state index is 9.48. The van der Waals surface area contributed by atoms with E-state index < -0.39 is 0 Å². The maximum absolute atomic E-state index is 9.48. The molecule has 0 saturated carbocycles. The Hall–Kier alpha value is -0.160. The van der Waals surface area contributed by atoms with Crippen LogP contribution in [0.1, 0.15) is 46.5 Å². The lowest BCUT2D eigenvalue weighted by Crippen LogP contribution is -2.49. The molecular formula is C15H32N2O2. The first-order chi connectivity index (χ1) is 8.97. The zero-order valence-corrected chi connectivity index (χ0v) is 13.2. The summed E-state index contributed by atoms with van der Waals surface area (Å²) in [6, 6.07) is 0. The first kappa shape index (κ1) is 16.9. The first-order valence-electron chi connectivity index (χ1n) is 7.60. The number of aliphatic hydroxyl groups excluding tert-OH is 1. The molecule has 0 spiro atoms. The normalized spacial score (nSPS) is 28.3. The van der Waals surface area contributed by atoms with Crippen molar-refractivity contribution in [3.63, 3.8) is 0 Å². The van der Waals surface area contributed by atoms with Crippen LogP contribution in [0.15, 0.2) is 0 Å². The van der Waals surface area contributed by atoms with Crippen LogP contribution in [0.3, 0.4) is 0 Å². The third-order valence-electron chi connectivity index (χ3n) is 4.39. The summed E-state index contributed by atoms with van der Waals surface area (Å²) in [7, 11) is 1.82. The Labute approximate surface area is 118 Å². The van der Waals surface area contributed by atoms with Crippen LogP contribution in [-0.2, 0) is 4.74 Å². The van der Waals surface area contributed by atoms with Crippen molar-refractivity contribution in [1.29, 1.82) is 0 Å². The topological polar surface area (TPSA) is 44.7 Å². The van der Waals surface area contributed by atoms with Gasteiger partial charge in [0.25, 0.3) is 0 Å². The highest BCUT2D eigenvalue weighted by atomic mass is 16.5. The highest BCUT2D eigenvalue weighted by Crippen LogP contribution is 2.24. The average molecular weight is 272 g/mol. The lowest BCUT2D eigenvalue weighted by atomic mass is 9.93. The highest BCUT2D eigenvalue weighted by Gasteiger charge is 2.30. The quantitative estimate of drug-likeness (QED) is 0.705. The van der Waals surface area contributed by atoms with Crippen molar-refractivity contribution in [1.82, 2.24) is 10.2 Å². The smallest absolute Gasteiger partial charge is 0.0777 e. The number of likely N-dealkylation sites (N-methyl/N-ethyl adjacent to an activating group) is 1. The molecule has 0 aromatic rings. The van der Waals surface area contributed by atoms with Gasteiger partial charge in [0, 0.05) is 19.2 Å². The molecule has 0 aromatic heterocycles. The number of rotatable bonds is 8. The number of likely N-dealkylation sites (tertiary alicyclic amines) is 1. The van der Waals surface area contributed by atoms with Crippen molar-refractivity contribution in [2.75, 3.05) is 39.9 Å². The van der Waals surface area contributed by atoms with E-state index in [0.717, 1.165) is 38.9 Å². The molecule has 0 amide bonds. The molecule has 2 N–H and O–H groups in total. The van der Waals surface area contributed by atoms with Gasteiger partial charge in [-0.15, -0.1) is 0 Å². The van der Waals surface area contributed by atoms with Crippen LogP contribution in [0.25, 0.3) is 0 Å². The number of piperidine rings is 1. The van der Waals surface area contributed by atoms with Crippen molar-refractivity contribution in [3.05, 3.63) is 0 Å². The number of aliphatic hydroxyl groups is 1. The molecule has 0 aromatic carbocycles. The minimum absolute atomic E-state index is 0.0280. The number of nitrogens with zero attached hydrogens (tertiary/aromatic N) is 1. The Balaban J connectivity index is 2.32. The van der Waals surface area contributed by atoms with Gasteiger partial charge < -0.3 is 20.1 Å². The maximum Gasteiger partial charge on any atom is 0.0777 e. The molecule has 0 bridgehead atoms. The summed E-state index contributed by atoms with van der Waals surface area (Å²) in [6.07, 6.45) is 4.50. The van der Waals surface area contributed by atoms with E-state index in [1.165, 1.54) is 13.0 Å². The van der Waals surface area contributed by atoms with Gasteiger partial charge in [-0.05, 0) is 59.2 Å². The van der Waals surface area contributed by atoms with E-state index in [1.54, 1.807) is 0 Å². The number of hydrogen-bond donors (Lipinski definition) is 2. The molecule has 1 aliphatic heterocycles. The van der Waals surface area contributed by atoms with Crippen LogP contribution < -0.4 is 5.32 Å². The molecule has 0 aliphatic carbocycles. The van der Waals surface area contributed by atoms with E-state index in [1.807, 2.05) is 7.11 Å². The van der Waals surface area contributed by atoms with Crippen LogP contribution >= 0.6 is 0 Å². The second kappa shape index (κ2) is 7.58. The molecule has 0 radical (unpaired) electrons. The van der Waals surface area contributed by atoms with Gasteiger partial charge in [0.2, 0.25) is 0 Å². The fourth-order valence-corrected chi connectivity index (χ4v) is 3.01. The van der Waals surface area contributed by atoms with E-state index >= 15 is 0 Å². The van der Waals surface area contributed by atoms with Gasteiger partial charge in [-0.3, -0.25) is 0 Å². The van der Waals surface area contributed by atoms with Gasteiger partial charge in [0.05, 0.1) is 12.2 Å². The van der Waals surface area contributed by atoms with E-state index in [4.69, 9.17) is 4.74 Å². The van der Waals surface area contributed by atoms with Crippen molar-refractivity contribution >= 4 is 0 Å². The molecule has 2 unspecified atom stereocenters. The molecule has 1 saturated heterocycles. The van der Waals surface area contributed by atoms with Crippen molar-refractivity contribution < 1.29 is 9.84 Å². The zero-order chi connectivity index (χ0) is 14.4. The van der Waals surface area contributed by atoms with Crippen LogP contribution in [0.4, 0.5) is 0 Å².